The van der Waals surface area contributed by atoms with Crippen LogP contribution in [0.15, 0.2) is 0 Å². The SMILES string of the molecule is CC(C)(C#N)CNC(=O)N1C[C@@H](C(F)(F)F)[C@H](C(=O)O)C1. The Bertz CT molecular complexity index is 471. The quantitative estimate of drug-likeness (QED) is 0.825. The van der Waals surface area contributed by atoms with Crippen LogP contribution in [0.25, 0.3) is 0 Å². The van der Waals surface area contributed by atoms with Gasteiger partial charge in [-0.3, -0.25) is 4.79 Å². The summed E-state index contributed by atoms with van der Waals surface area (Å²) in [6.07, 6.45) is -4.68. The first-order valence-corrected chi connectivity index (χ1v) is 6.21. The van der Waals surface area contributed by atoms with Crippen molar-refractivity contribution in [1.29, 1.82) is 5.26 Å². The Labute approximate surface area is 119 Å². The Morgan fingerprint density at radius 2 is 1.95 bits per heavy atom. The second-order valence-electron chi connectivity index (χ2n) is 5.65. The lowest BCUT2D eigenvalue weighted by molar-refractivity contribution is -0.187. The maximum absolute atomic E-state index is 12.8. The fourth-order valence-corrected chi connectivity index (χ4v) is 2.00. The van der Waals surface area contributed by atoms with Crippen molar-refractivity contribution in [2.75, 3.05) is 19.6 Å². The van der Waals surface area contributed by atoms with Crippen LogP contribution in [0, 0.1) is 28.6 Å². The second kappa shape index (κ2) is 5.79. The number of likely N-dealkylation sites (tertiary alicyclic amines) is 1. The zero-order chi connectivity index (χ0) is 16.4. The van der Waals surface area contributed by atoms with Crippen molar-refractivity contribution in [3.05, 3.63) is 0 Å². The Balaban J connectivity index is 2.72. The van der Waals surface area contributed by atoms with E-state index >= 15 is 0 Å². The maximum atomic E-state index is 12.8. The number of rotatable bonds is 3. The third kappa shape index (κ3) is 4.24. The van der Waals surface area contributed by atoms with Crippen LogP contribution in [0.4, 0.5) is 18.0 Å². The summed E-state index contributed by atoms with van der Waals surface area (Å²) in [6.45, 7) is 1.90. The van der Waals surface area contributed by atoms with Gasteiger partial charge in [-0.1, -0.05) is 0 Å². The van der Waals surface area contributed by atoms with Crippen LogP contribution in [0.3, 0.4) is 0 Å². The molecule has 0 aliphatic carbocycles. The number of carbonyl (C=O) groups excluding carboxylic acids is 1. The summed E-state index contributed by atoms with van der Waals surface area (Å²) in [7, 11) is 0. The van der Waals surface area contributed by atoms with Crippen LogP contribution < -0.4 is 5.32 Å². The number of carbonyl (C=O) groups is 2. The summed E-state index contributed by atoms with van der Waals surface area (Å²) in [6, 6.07) is 1.14. The van der Waals surface area contributed by atoms with Crippen LogP contribution in [0.1, 0.15) is 13.8 Å². The van der Waals surface area contributed by atoms with Gasteiger partial charge in [-0.15, -0.1) is 0 Å². The number of aliphatic carboxylic acids is 1. The molecule has 0 unspecified atom stereocenters. The molecule has 1 aliphatic rings. The Kier molecular flexibility index (Phi) is 4.71. The third-order valence-electron chi connectivity index (χ3n) is 3.33. The molecular formula is C12H16F3N3O3. The number of amides is 2. The summed E-state index contributed by atoms with van der Waals surface area (Å²) in [5.74, 6) is -5.32. The molecule has 9 heteroatoms. The van der Waals surface area contributed by atoms with E-state index in [1.807, 2.05) is 6.07 Å². The highest BCUT2D eigenvalue weighted by molar-refractivity contribution is 5.77. The van der Waals surface area contributed by atoms with Crippen LogP contribution >= 0.6 is 0 Å². The Hall–Kier alpha value is -1.98. The van der Waals surface area contributed by atoms with Crippen molar-refractivity contribution in [2.24, 2.45) is 17.3 Å². The monoisotopic (exact) mass is 307 g/mol. The van der Waals surface area contributed by atoms with Gasteiger partial charge in [0.1, 0.15) is 0 Å². The largest absolute Gasteiger partial charge is 0.481 e. The van der Waals surface area contributed by atoms with E-state index in [0.29, 0.717) is 0 Å². The normalized spacial score (nSPS) is 22.8. The predicted octanol–water partition coefficient (Wildman–Crippen LogP) is 1.44. The number of nitriles is 1. The average molecular weight is 307 g/mol. The molecule has 1 fully saturated rings. The van der Waals surface area contributed by atoms with Gasteiger partial charge in [0.25, 0.3) is 0 Å². The predicted molar refractivity (Wildman–Crippen MR) is 65.0 cm³/mol. The molecule has 1 saturated heterocycles. The minimum absolute atomic E-state index is 0.0345. The Morgan fingerprint density at radius 1 is 1.38 bits per heavy atom. The smallest absolute Gasteiger partial charge is 0.394 e. The van der Waals surface area contributed by atoms with Gasteiger partial charge < -0.3 is 15.3 Å². The number of nitrogens with one attached hydrogen (secondary N) is 1. The summed E-state index contributed by atoms with van der Waals surface area (Å²) in [5, 5.41) is 20.0. The first-order chi connectivity index (χ1) is 9.48. The highest BCUT2D eigenvalue weighted by Crippen LogP contribution is 2.37. The van der Waals surface area contributed by atoms with E-state index in [4.69, 9.17) is 10.4 Å². The summed E-state index contributed by atoms with van der Waals surface area (Å²) in [4.78, 5) is 23.5. The van der Waals surface area contributed by atoms with E-state index in [0.717, 1.165) is 4.90 Å². The number of carboxylic acids is 1. The van der Waals surface area contributed by atoms with Crippen LogP contribution in [-0.4, -0.2) is 47.8 Å². The van der Waals surface area contributed by atoms with Gasteiger partial charge in [-0.05, 0) is 13.8 Å². The summed E-state index contributed by atoms with van der Waals surface area (Å²) >= 11 is 0. The van der Waals surface area contributed by atoms with Gasteiger partial charge >= 0.3 is 18.2 Å². The molecule has 0 spiro atoms. The molecule has 0 radical (unpaired) electrons. The van der Waals surface area contributed by atoms with Gasteiger partial charge in [-0.2, -0.15) is 18.4 Å². The van der Waals surface area contributed by atoms with Crippen LogP contribution in [0.5, 0.6) is 0 Å². The molecule has 0 aromatic heterocycles. The van der Waals surface area contributed by atoms with Crippen molar-refractivity contribution in [3.8, 4) is 6.07 Å². The van der Waals surface area contributed by atoms with E-state index in [2.05, 4.69) is 5.32 Å². The van der Waals surface area contributed by atoms with Gasteiger partial charge in [0.2, 0.25) is 0 Å². The van der Waals surface area contributed by atoms with E-state index in [9.17, 15) is 22.8 Å². The number of nitrogens with zero attached hydrogens (tertiary/aromatic N) is 2. The summed E-state index contributed by atoms with van der Waals surface area (Å²) in [5.41, 5.74) is -0.856. The number of hydrogen-bond donors (Lipinski definition) is 2. The number of carboxylic acid groups (broad SMARTS) is 1. The zero-order valence-electron chi connectivity index (χ0n) is 11.6. The van der Waals surface area contributed by atoms with Crippen LogP contribution in [0.2, 0.25) is 0 Å². The molecule has 6 nitrogen and oxygen atoms in total. The molecule has 0 saturated carbocycles. The van der Waals surface area contributed by atoms with Gasteiger partial charge in [0.15, 0.2) is 0 Å². The summed E-state index contributed by atoms with van der Waals surface area (Å²) < 4.78 is 38.3. The van der Waals surface area contributed by atoms with Crippen molar-refractivity contribution in [2.45, 2.75) is 20.0 Å². The standard InChI is InChI=1S/C12H16F3N3O3/c1-11(2,5-16)6-17-10(21)18-3-7(9(19)20)8(4-18)12(13,14)15/h7-8H,3-4,6H2,1-2H3,(H,17,21)(H,19,20)/t7-,8-/m1/s1. The number of alkyl halides is 3. The first kappa shape index (κ1) is 17.1. The van der Waals surface area contributed by atoms with Gasteiger partial charge in [0.05, 0.1) is 23.3 Å². The van der Waals surface area contributed by atoms with Crippen molar-refractivity contribution >= 4 is 12.0 Å². The Morgan fingerprint density at radius 3 is 2.33 bits per heavy atom. The molecule has 1 rings (SSSR count). The third-order valence-corrected chi connectivity index (χ3v) is 3.33. The van der Waals surface area contributed by atoms with Crippen molar-refractivity contribution < 1.29 is 27.9 Å². The molecule has 0 aromatic carbocycles. The van der Waals surface area contributed by atoms with Crippen LogP contribution in [-0.2, 0) is 4.79 Å². The van der Waals surface area contributed by atoms with E-state index < -0.39 is 48.5 Å². The molecule has 2 amide bonds. The lowest BCUT2D eigenvalue weighted by Gasteiger charge is -2.21. The molecule has 1 heterocycles. The highest BCUT2D eigenvalue weighted by atomic mass is 19.4. The molecule has 2 N–H and O–H groups in total. The van der Waals surface area contributed by atoms with E-state index in [-0.39, 0.29) is 6.54 Å². The van der Waals surface area contributed by atoms with Gasteiger partial charge in [-0.25, -0.2) is 4.79 Å². The second-order valence-corrected chi connectivity index (χ2v) is 5.65. The van der Waals surface area contributed by atoms with E-state index in [1.54, 1.807) is 13.8 Å². The lowest BCUT2D eigenvalue weighted by Crippen LogP contribution is -2.43. The fraction of sp³-hybridized carbons (Fsp3) is 0.750. The topological polar surface area (TPSA) is 93.4 Å². The fourth-order valence-electron chi connectivity index (χ4n) is 2.00. The minimum atomic E-state index is -4.68. The number of urea groups is 1. The average Bonchev–Trinajstić information content (AvgIpc) is 2.81. The zero-order valence-corrected chi connectivity index (χ0v) is 11.6. The van der Waals surface area contributed by atoms with E-state index in [1.165, 1.54) is 0 Å². The molecule has 0 bridgehead atoms. The molecule has 1 aliphatic heterocycles. The first-order valence-electron chi connectivity index (χ1n) is 6.21. The number of hydrogen-bond acceptors (Lipinski definition) is 3. The van der Waals surface area contributed by atoms with Crippen molar-refractivity contribution in [1.82, 2.24) is 10.2 Å². The lowest BCUT2D eigenvalue weighted by atomic mass is 9.96. The van der Waals surface area contributed by atoms with Crippen molar-refractivity contribution in [3.63, 3.8) is 0 Å². The molecule has 118 valence electrons. The van der Waals surface area contributed by atoms with Gasteiger partial charge in [0, 0.05) is 19.6 Å². The number of halogens is 3. The molecule has 0 aromatic rings. The highest BCUT2D eigenvalue weighted by Gasteiger charge is 2.53. The molecule has 2 atom stereocenters. The maximum Gasteiger partial charge on any atom is 0.394 e. The minimum Gasteiger partial charge on any atom is -0.481 e. The molecular weight excluding hydrogens is 291 g/mol. The molecule has 21 heavy (non-hydrogen) atoms.